The minimum atomic E-state index is -0.0999. The summed E-state index contributed by atoms with van der Waals surface area (Å²) >= 11 is 1.68. The quantitative estimate of drug-likeness (QED) is 0.565. The highest BCUT2D eigenvalue weighted by molar-refractivity contribution is 7.10. The molecule has 4 nitrogen and oxygen atoms in total. The van der Waals surface area contributed by atoms with Crippen molar-refractivity contribution in [3.05, 3.63) is 81.3 Å². The number of aliphatic hydroxyl groups excluding tert-OH is 1. The van der Waals surface area contributed by atoms with Crippen LogP contribution in [0, 0.1) is 0 Å². The first-order valence-electron chi connectivity index (χ1n) is 9.92. The molecule has 29 heavy (non-hydrogen) atoms. The highest BCUT2D eigenvalue weighted by Gasteiger charge is 2.21. The Morgan fingerprint density at radius 3 is 2.72 bits per heavy atom. The first-order chi connectivity index (χ1) is 14.2. The normalized spacial score (nSPS) is 14.1. The second-order valence-corrected chi connectivity index (χ2v) is 8.24. The van der Waals surface area contributed by atoms with Crippen LogP contribution in [0.3, 0.4) is 0 Å². The third-order valence-electron chi connectivity index (χ3n) is 5.29. The molecule has 0 spiro atoms. The summed E-state index contributed by atoms with van der Waals surface area (Å²) in [4.78, 5) is 17.1. The van der Waals surface area contributed by atoms with Gasteiger partial charge >= 0.3 is 0 Å². The van der Waals surface area contributed by atoms with Crippen LogP contribution in [-0.2, 0) is 17.8 Å². The molecule has 0 aliphatic heterocycles. The number of carbonyl (C=O) groups excluding carboxylic acids is 1. The van der Waals surface area contributed by atoms with Crippen molar-refractivity contribution < 1.29 is 9.90 Å². The van der Waals surface area contributed by atoms with Crippen molar-refractivity contribution in [1.82, 2.24) is 4.98 Å². The van der Waals surface area contributed by atoms with Crippen molar-refractivity contribution >= 4 is 35.1 Å². The van der Waals surface area contributed by atoms with E-state index in [0.717, 1.165) is 27.4 Å². The highest BCUT2D eigenvalue weighted by Crippen LogP contribution is 2.36. The fraction of sp³-hybridized carbons (Fsp3) is 0.250. The maximum Gasteiger partial charge on any atom is 0.228 e. The Labute approximate surface area is 175 Å². The van der Waals surface area contributed by atoms with Crippen LogP contribution in [0.15, 0.2) is 53.9 Å². The number of aliphatic hydroxyl groups is 1. The number of hydrogen-bond acceptors (Lipinski definition) is 4. The number of rotatable bonds is 7. The third kappa shape index (κ3) is 5.00. The molecular weight excluding hydrogens is 380 g/mol. The van der Waals surface area contributed by atoms with E-state index in [1.165, 1.54) is 25.0 Å². The summed E-state index contributed by atoms with van der Waals surface area (Å²) in [5.74, 6) is 0.556. The maximum absolute atomic E-state index is 12.4. The number of aromatic nitrogens is 1. The number of benzene rings is 2. The number of nitrogens with one attached hydrogen (secondary N) is 1. The van der Waals surface area contributed by atoms with E-state index in [2.05, 4.69) is 10.7 Å². The standard InChI is InChI=1S/C24H24N2O2S/c27-15-20-7-2-1-6-19(20)14-23(28)25-21-10-3-5-17(13-21)11-12-24-26-22(16-29-24)18-8-4-9-18/h1-3,5-7,10-13,16,18,27H,4,8-9,14-15H2,(H,25,28)/b12-11+. The van der Waals surface area contributed by atoms with Gasteiger partial charge in [-0.2, -0.15) is 0 Å². The van der Waals surface area contributed by atoms with Crippen LogP contribution in [0.4, 0.5) is 5.69 Å². The van der Waals surface area contributed by atoms with Crippen molar-refractivity contribution in [2.45, 2.75) is 38.2 Å². The van der Waals surface area contributed by atoms with E-state index in [-0.39, 0.29) is 18.9 Å². The molecule has 0 saturated heterocycles. The minimum absolute atomic E-state index is 0.0665. The molecule has 1 heterocycles. The van der Waals surface area contributed by atoms with Gasteiger partial charge in [0.1, 0.15) is 5.01 Å². The van der Waals surface area contributed by atoms with Gasteiger partial charge in [-0.1, -0.05) is 48.9 Å². The smallest absolute Gasteiger partial charge is 0.228 e. The summed E-state index contributed by atoms with van der Waals surface area (Å²) in [5, 5.41) is 15.5. The summed E-state index contributed by atoms with van der Waals surface area (Å²) in [5.41, 5.74) is 4.62. The zero-order chi connectivity index (χ0) is 20.1. The number of anilines is 1. The molecule has 148 valence electrons. The van der Waals surface area contributed by atoms with Crippen LogP contribution in [-0.4, -0.2) is 16.0 Å². The molecule has 1 aromatic heterocycles. The third-order valence-corrected chi connectivity index (χ3v) is 6.12. The van der Waals surface area contributed by atoms with Gasteiger partial charge in [-0.3, -0.25) is 4.79 Å². The number of hydrogen-bond donors (Lipinski definition) is 2. The SMILES string of the molecule is O=C(Cc1ccccc1CO)Nc1cccc(/C=C/c2nc(C3CCC3)cs2)c1. The van der Waals surface area contributed by atoms with E-state index in [0.29, 0.717) is 5.92 Å². The van der Waals surface area contributed by atoms with E-state index in [9.17, 15) is 9.90 Å². The van der Waals surface area contributed by atoms with Crippen molar-refractivity contribution in [3.8, 4) is 0 Å². The molecule has 1 aliphatic rings. The van der Waals surface area contributed by atoms with E-state index in [1.807, 2.05) is 60.7 Å². The van der Waals surface area contributed by atoms with Gasteiger partial charge in [0.15, 0.2) is 0 Å². The van der Waals surface area contributed by atoms with Crippen LogP contribution in [0.5, 0.6) is 0 Å². The van der Waals surface area contributed by atoms with Crippen molar-refractivity contribution in [2.24, 2.45) is 0 Å². The van der Waals surface area contributed by atoms with Gasteiger partial charge in [0, 0.05) is 17.0 Å². The zero-order valence-electron chi connectivity index (χ0n) is 16.2. The second-order valence-electron chi connectivity index (χ2n) is 7.35. The number of thiazole rings is 1. The summed E-state index contributed by atoms with van der Waals surface area (Å²) in [6, 6.07) is 15.2. The van der Waals surface area contributed by atoms with Crippen LogP contribution in [0.1, 0.15) is 52.6 Å². The summed E-state index contributed by atoms with van der Waals surface area (Å²) in [6.07, 6.45) is 8.14. The van der Waals surface area contributed by atoms with E-state index in [4.69, 9.17) is 4.98 Å². The van der Waals surface area contributed by atoms with Gasteiger partial charge in [0.2, 0.25) is 5.91 Å². The molecule has 0 atom stereocenters. The predicted octanol–water partition coefficient (Wildman–Crippen LogP) is 5.25. The van der Waals surface area contributed by atoms with E-state index in [1.54, 1.807) is 11.3 Å². The highest BCUT2D eigenvalue weighted by atomic mass is 32.1. The van der Waals surface area contributed by atoms with E-state index >= 15 is 0 Å². The molecule has 2 N–H and O–H groups in total. The van der Waals surface area contributed by atoms with Crippen molar-refractivity contribution in [2.75, 3.05) is 5.32 Å². The molecule has 2 aromatic carbocycles. The van der Waals surface area contributed by atoms with Gasteiger partial charge in [-0.15, -0.1) is 11.3 Å². The monoisotopic (exact) mass is 404 g/mol. The minimum Gasteiger partial charge on any atom is -0.392 e. The van der Waals surface area contributed by atoms with Crippen LogP contribution >= 0.6 is 11.3 Å². The summed E-state index contributed by atoms with van der Waals surface area (Å²) in [6.45, 7) is -0.0665. The second kappa shape index (κ2) is 9.16. The lowest BCUT2D eigenvalue weighted by atomic mass is 9.83. The van der Waals surface area contributed by atoms with E-state index < -0.39 is 0 Å². The Balaban J connectivity index is 1.39. The molecule has 0 unspecified atom stereocenters. The molecular formula is C24H24N2O2S. The van der Waals surface area contributed by atoms with Crippen molar-refractivity contribution in [3.63, 3.8) is 0 Å². The lowest BCUT2D eigenvalue weighted by Crippen LogP contribution is -2.15. The molecule has 4 rings (SSSR count). The van der Waals surface area contributed by atoms with Gasteiger partial charge < -0.3 is 10.4 Å². The molecule has 3 aromatic rings. The average Bonchev–Trinajstić information content (AvgIpc) is 3.14. The largest absolute Gasteiger partial charge is 0.392 e. The number of nitrogens with zero attached hydrogens (tertiary/aromatic N) is 1. The Morgan fingerprint density at radius 1 is 1.14 bits per heavy atom. The van der Waals surface area contributed by atoms with Gasteiger partial charge in [0.05, 0.1) is 18.7 Å². The zero-order valence-corrected chi connectivity index (χ0v) is 17.0. The summed E-state index contributed by atoms with van der Waals surface area (Å²) < 4.78 is 0. The number of carbonyl (C=O) groups is 1. The number of amides is 1. The van der Waals surface area contributed by atoms with Crippen LogP contribution in [0.2, 0.25) is 0 Å². The first kappa shape index (κ1) is 19.6. The van der Waals surface area contributed by atoms with Gasteiger partial charge in [-0.25, -0.2) is 4.98 Å². The lowest BCUT2D eigenvalue weighted by Gasteiger charge is -2.22. The molecule has 0 radical (unpaired) electrons. The molecule has 1 fully saturated rings. The Morgan fingerprint density at radius 2 is 1.97 bits per heavy atom. The Hall–Kier alpha value is -2.76. The summed E-state index contributed by atoms with van der Waals surface area (Å²) in [7, 11) is 0. The average molecular weight is 405 g/mol. The first-order valence-corrected chi connectivity index (χ1v) is 10.8. The molecule has 1 aliphatic carbocycles. The fourth-order valence-corrected chi connectivity index (χ4v) is 4.21. The van der Waals surface area contributed by atoms with Crippen molar-refractivity contribution in [1.29, 1.82) is 0 Å². The van der Waals surface area contributed by atoms with Crippen LogP contribution < -0.4 is 5.32 Å². The molecule has 1 saturated carbocycles. The van der Waals surface area contributed by atoms with Gasteiger partial charge in [0.25, 0.3) is 0 Å². The molecule has 5 heteroatoms. The molecule has 0 bridgehead atoms. The Kier molecular flexibility index (Phi) is 6.17. The maximum atomic E-state index is 12.4. The topological polar surface area (TPSA) is 62.2 Å². The predicted molar refractivity (Wildman–Crippen MR) is 119 cm³/mol. The van der Waals surface area contributed by atoms with Crippen LogP contribution in [0.25, 0.3) is 12.2 Å². The van der Waals surface area contributed by atoms with Gasteiger partial charge in [-0.05, 0) is 47.7 Å². The Bertz CT molecular complexity index is 1020. The molecule has 1 amide bonds. The fourth-order valence-electron chi connectivity index (χ4n) is 3.42. The lowest BCUT2D eigenvalue weighted by molar-refractivity contribution is -0.115.